The number of ether oxygens (including phenoxy) is 2. The normalized spacial score (nSPS) is 16.2. The highest BCUT2D eigenvalue weighted by molar-refractivity contribution is 7.80. The molecule has 0 saturated carbocycles. The van der Waals surface area contributed by atoms with Crippen LogP contribution < -0.4 is 19.7 Å². The maximum Gasteiger partial charge on any atom is 0.270 e. The van der Waals surface area contributed by atoms with Crippen molar-refractivity contribution in [2.75, 3.05) is 19.1 Å². The van der Waals surface area contributed by atoms with Gasteiger partial charge in [-0.2, -0.15) is 0 Å². The molecule has 0 bridgehead atoms. The molecule has 0 atom stereocenters. The van der Waals surface area contributed by atoms with Crippen molar-refractivity contribution in [2.45, 2.75) is 6.54 Å². The first kappa shape index (κ1) is 24.8. The largest absolute Gasteiger partial charge is 0.496 e. The summed E-state index contributed by atoms with van der Waals surface area (Å²) in [6.07, 6.45) is 1.42. The van der Waals surface area contributed by atoms with Gasteiger partial charge in [-0.25, -0.2) is 4.90 Å². The highest BCUT2D eigenvalue weighted by atomic mass is 32.1. The summed E-state index contributed by atoms with van der Waals surface area (Å²) >= 11 is 5.28. The number of hydrogen-bond donors (Lipinski definition) is 1. The van der Waals surface area contributed by atoms with Crippen LogP contribution in [0.15, 0.2) is 72.3 Å². The Balaban J connectivity index is 1.49. The van der Waals surface area contributed by atoms with E-state index in [-0.39, 0.29) is 17.2 Å². The van der Waals surface area contributed by atoms with Crippen LogP contribution >= 0.6 is 12.2 Å². The van der Waals surface area contributed by atoms with Crippen molar-refractivity contribution in [1.29, 1.82) is 0 Å². The molecule has 10 heteroatoms. The summed E-state index contributed by atoms with van der Waals surface area (Å²) in [4.78, 5) is 54.3. The number of methoxy groups -OCH3 is 2. The summed E-state index contributed by atoms with van der Waals surface area (Å²) in [6, 6.07) is 18.4. The molecule has 0 unspecified atom stereocenters. The number of nitrogens with zero attached hydrogens (tertiary/aromatic N) is 2. The molecule has 1 N–H and O–H groups in total. The van der Waals surface area contributed by atoms with Gasteiger partial charge in [0.1, 0.15) is 17.1 Å². The standard InChI is InChI=1S/C28H21N3O6S/c1-36-22-12-11-16(13-17(22)15-30-25(33)18-7-3-4-8-19(18)26(30)34)14-20-24(32)29-28(38)31(27(20)35)21-9-5-6-10-23(21)37-2/h3-14H,15H2,1-2H3,(H,29,32,38). The van der Waals surface area contributed by atoms with Crippen molar-refractivity contribution in [3.05, 3.63) is 94.6 Å². The second-order valence-corrected chi connectivity index (χ2v) is 8.83. The van der Waals surface area contributed by atoms with Crippen LogP contribution in [-0.2, 0) is 16.1 Å². The van der Waals surface area contributed by atoms with Gasteiger partial charge in [-0.1, -0.05) is 30.3 Å². The van der Waals surface area contributed by atoms with Gasteiger partial charge in [0.15, 0.2) is 5.11 Å². The van der Waals surface area contributed by atoms with Gasteiger partial charge in [0.05, 0.1) is 37.6 Å². The Bertz CT molecular complexity index is 1530. The van der Waals surface area contributed by atoms with Crippen LogP contribution in [0.4, 0.5) is 5.69 Å². The number of anilines is 1. The summed E-state index contributed by atoms with van der Waals surface area (Å²) in [7, 11) is 2.95. The predicted octanol–water partition coefficient (Wildman–Crippen LogP) is 3.33. The highest BCUT2D eigenvalue weighted by Crippen LogP contribution is 2.32. The van der Waals surface area contributed by atoms with E-state index < -0.39 is 23.6 Å². The maximum absolute atomic E-state index is 13.4. The smallest absolute Gasteiger partial charge is 0.270 e. The van der Waals surface area contributed by atoms with Crippen molar-refractivity contribution >= 4 is 52.7 Å². The first-order valence-corrected chi connectivity index (χ1v) is 11.9. The molecule has 3 aromatic carbocycles. The molecule has 9 nitrogen and oxygen atoms in total. The summed E-state index contributed by atoms with van der Waals surface area (Å²) in [6.45, 7) is -0.0515. The van der Waals surface area contributed by atoms with Crippen LogP contribution in [-0.4, -0.2) is 47.9 Å². The average molecular weight is 528 g/mol. The zero-order valence-corrected chi connectivity index (χ0v) is 21.2. The number of benzene rings is 3. The molecule has 2 aliphatic heterocycles. The molecule has 0 aliphatic carbocycles. The van der Waals surface area contributed by atoms with E-state index >= 15 is 0 Å². The van der Waals surface area contributed by atoms with Gasteiger partial charge in [0.2, 0.25) is 0 Å². The van der Waals surface area contributed by atoms with Crippen molar-refractivity contribution in [3.8, 4) is 11.5 Å². The number of thiocarbonyl (C=S) groups is 1. The van der Waals surface area contributed by atoms with Crippen molar-refractivity contribution in [3.63, 3.8) is 0 Å². The topological polar surface area (TPSA) is 105 Å². The minimum Gasteiger partial charge on any atom is -0.496 e. The summed E-state index contributed by atoms with van der Waals surface area (Å²) < 4.78 is 10.8. The average Bonchev–Trinajstić information content (AvgIpc) is 3.16. The van der Waals surface area contributed by atoms with Gasteiger partial charge in [0.25, 0.3) is 23.6 Å². The predicted molar refractivity (Wildman–Crippen MR) is 143 cm³/mol. The third-order valence-electron chi connectivity index (χ3n) is 6.25. The Morgan fingerprint density at radius 2 is 1.45 bits per heavy atom. The molecule has 2 heterocycles. The van der Waals surface area contributed by atoms with Crippen molar-refractivity contribution in [2.24, 2.45) is 0 Å². The van der Waals surface area contributed by atoms with Crippen molar-refractivity contribution in [1.82, 2.24) is 10.2 Å². The molecule has 5 rings (SSSR count). The fraction of sp³-hybridized carbons (Fsp3) is 0.107. The zero-order valence-electron chi connectivity index (χ0n) is 20.4. The van der Waals surface area contributed by atoms with Crippen LogP contribution in [0.2, 0.25) is 0 Å². The van der Waals surface area contributed by atoms with Crippen LogP contribution in [0.5, 0.6) is 11.5 Å². The van der Waals surface area contributed by atoms with E-state index in [2.05, 4.69) is 5.32 Å². The number of nitrogens with one attached hydrogen (secondary N) is 1. The molecular weight excluding hydrogens is 506 g/mol. The second-order valence-electron chi connectivity index (χ2n) is 8.44. The van der Waals surface area contributed by atoms with E-state index in [0.717, 1.165) is 4.90 Å². The summed E-state index contributed by atoms with van der Waals surface area (Å²) in [5.41, 5.74) is 1.93. The monoisotopic (exact) mass is 527 g/mol. The lowest BCUT2D eigenvalue weighted by Crippen LogP contribution is -2.54. The molecule has 1 saturated heterocycles. The third kappa shape index (κ3) is 4.20. The van der Waals surface area contributed by atoms with Gasteiger partial charge in [-0.3, -0.25) is 29.4 Å². The van der Waals surface area contributed by atoms with Crippen molar-refractivity contribution < 1.29 is 28.7 Å². The van der Waals surface area contributed by atoms with Crippen LogP contribution in [0.3, 0.4) is 0 Å². The van der Waals surface area contributed by atoms with Gasteiger partial charge in [-0.05, 0) is 60.3 Å². The molecule has 4 amide bonds. The van der Waals surface area contributed by atoms with Gasteiger partial charge >= 0.3 is 0 Å². The van der Waals surface area contributed by atoms with E-state index in [1.165, 1.54) is 25.2 Å². The quantitative estimate of drug-likeness (QED) is 0.227. The highest BCUT2D eigenvalue weighted by Gasteiger charge is 2.37. The lowest BCUT2D eigenvalue weighted by atomic mass is 10.0. The van der Waals surface area contributed by atoms with E-state index in [0.29, 0.717) is 39.4 Å². The Hall–Kier alpha value is -4.83. The lowest BCUT2D eigenvalue weighted by molar-refractivity contribution is -0.122. The number of hydrogen-bond acceptors (Lipinski definition) is 7. The fourth-order valence-corrected chi connectivity index (χ4v) is 4.70. The van der Waals surface area contributed by atoms with Gasteiger partial charge < -0.3 is 9.47 Å². The van der Waals surface area contributed by atoms with E-state index in [4.69, 9.17) is 21.7 Å². The fourth-order valence-electron chi connectivity index (χ4n) is 4.42. The summed E-state index contributed by atoms with van der Waals surface area (Å²) in [5, 5.41) is 2.48. The number of imide groups is 1. The van der Waals surface area contributed by atoms with E-state index in [1.807, 2.05) is 0 Å². The molecule has 190 valence electrons. The Morgan fingerprint density at radius 3 is 2.11 bits per heavy atom. The maximum atomic E-state index is 13.4. The second kappa shape index (κ2) is 9.91. The molecular formula is C28H21N3O6S. The molecule has 38 heavy (non-hydrogen) atoms. The zero-order chi connectivity index (χ0) is 27.0. The number of carbonyl (C=O) groups excluding carboxylic acids is 4. The number of rotatable bonds is 6. The van der Waals surface area contributed by atoms with E-state index in [9.17, 15) is 19.2 Å². The van der Waals surface area contributed by atoms with Gasteiger partial charge in [-0.15, -0.1) is 0 Å². The molecule has 0 aromatic heterocycles. The summed E-state index contributed by atoms with van der Waals surface area (Å²) in [5.74, 6) is -1.23. The van der Waals surface area contributed by atoms with Crippen LogP contribution in [0, 0.1) is 0 Å². The SMILES string of the molecule is COc1ccc(C=C2C(=O)NC(=S)N(c3ccccc3OC)C2=O)cc1CN1C(=O)c2ccccc2C1=O. The molecule has 2 aliphatic rings. The minimum atomic E-state index is -0.649. The third-order valence-corrected chi connectivity index (χ3v) is 6.53. The van der Waals surface area contributed by atoms with Crippen LogP contribution in [0.1, 0.15) is 31.8 Å². The number of para-hydroxylation sites is 2. The Labute approximate surface area is 223 Å². The molecule has 3 aromatic rings. The number of carbonyl (C=O) groups is 4. The number of fused-ring (bicyclic) bond motifs is 1. The van der Waals surface area contributed by atoms with Gasteiger partial charge in [0, 0.05) is 5.56 Å². The molecule has 1 fully saturated rings. The number of amides is 4. The first-order chi connectivity index (χ1) is 18.3. The van der Waals surface area contributed by atoms with Crippen LogP contribution in [0.25, 0.3) is 6.08 Å². The lowest BCUT2D eigenvalue weighted by Gasteiger charge is -2.29. The Kier molecular flexibility index (Phi) is 6.48. The molecule has 0 spiro atoms. The Morgan fingerprint density at radius 1 is 0.816 bits per heavy atom. The minimum absolute atomic E-state index is 0.0515. The van der Waals surface area contributed by atoms with E-state index in [1.54, 1.807) is 66.7 Å². The molecule has 0 radical (unpaired) electrons. The first-order valence-electron chi connectivity index (χ1n) is 11.5.